The number of hydrogen-bond acceptors (Lipinski definition) is 2. The lowest BCUT2D eigenvalue weighted by Gasteiger charge is -2.18. The Kier molecular flexibility index (Phi) is 4.99. The number of rotatable bonds is 5. The maximum Gasteiger partial charge on any atom is 0.135 e. The van der Waals surface area contributed by atoms with Gasteiger partial charge in [-0.05, 0) is 49.9 Å². The van der Waals surface area contributed by atoms with E-state index in [2.05, 4.69) is 5.32 Å². The van der Waals surface area contributed by atoms with Gasteiger partial charge >= 0.3 is 0 Å². The smallest absolute Gasteiger partial charge is 0.135 e. The minimum absolute atomic E-state index is 0.122. The van der Waals surface area contributed by atoms with Gasteiger partial charge in [0.15, 0.2) is 0 Å². The van der Waals surface area contributed by atoms with Crippen LogP contribution in [-0.4, -0.2) is 6.54 Å². The van der Waals surface area contributed by atoms with Gasteiger partial charge in [-0.2, -0.15) is 0 Å². The van der Waals surface area contributed by atoms with Gasteiger partial charge in [0, 0.05) is 16.6 Å². The molecule has 106 valence electrons. The molecule has 0 fully saturated rings. The first-order valence-corrected chi connectivity index (χ1v) is 6.94. The summed E-state index contributed by atoms with van der Waals surface area (Å²) in [6, 6.07) is 11.7. The molecule has 1 N–H and O–H groups in total. The summed E-state index contributed by atoms with van der Waals surface area (Å²) >= 11 is 5.84. The predicted octanol–water partition coefficient (Wildman–Crippen LogP) is 4.94. The second-order valence-corrected chi connectivity index (χ2v) is 4.92. The largest absolute Gasteiger partial charge is 0.457 e. The zero-order chi connectivity index (χ0) is 14.5. The van der Waals surface area contributed by atoms with Crippen LogP contribution in [0.15, 0.2) is 42.5 Å². The molecular formula is C16H17ClFNO. The minimum atomic E-state index is -0.273. The second kappa shape index (κ2) is 6.73. The maximum atomic E-state index is 14.0. The van der Waals surface area contributed by atoms with Gasteiger partial charge in [0.2, 0.25) is 0 Å². The van der Waals surface area contributed by atoms with E-state index in [0.717, 1.165) is 6.54 Å². The molecule has 2 nitrogen and oxygen atoms in total. The van der Waals surface area contributed by atoms with Crippen molar-refractivity contribution in [2.45, 2.75) is 19.9 Å². The van der Waals surface area contributed by atoms with Crippen molar-refractivity contribution in [3.8, 4) is 11.5 Å². The van der Waals surface area contributed by atoms with Gasteiger partial charge in [0.05, 0.1) is 0 Å². The molecule has 0 aliphatic carbocycles. The maximum absolute atomic E-state index is 14.0. The summed E-state index contributed by atoms with van der Waals surface area (Å²) < 4.78 is 19.8. The highest BCUT2D eigenvalue weighted by Gasteiger charge is 2.16. The van der Waals surface area contributed by atoms with E-state index in [-0.39, 0.29) is 11.9 Å². The highest BCUT2D eigenvalue weighted by Crippen LogP contribution is 2.32. The molecule has 2 rings (SSSR count). The van der Waals surface area contributed by atoms with E-state index in [1.54, 1.807) is 36.4 Å². The first-order chi connectivity index (χ1) is 9.61. The molecule has 0 radical (unpaired) electrons. The molecule has 20 heavy (non-hydrogen) atoms. The Balaban J connectivity index is 2.31. The predicted molar refractivity (Wildman–Crippen MR) is 80.0 cm³/mol. The van der Waals surface area contributed by atoms with Gasteiger partial charge in [-0.25, -0.2) is 4.39 Å². The van der Waals surface area contributed by atoms with Crippen LogP contribution < -0.4 is 10.1 Å². The van der Waals surface area contributed by atoms with Crippen molar-refractivity contribution in [1.82, 2.24) is 5.32 Å². The second-order valence-electron chi connectivity index (χ2n) is 4.49. The van der Waals surface area contributed by atoms with Crippen molar-refractivity contribution in [2.24, 2.45) is 0 Å². The molecular weight excluding hydrogens is 277 g/mol. The molecule has 0 aromatic heterocycles. The van der Waals surface area contributed by atoms with E-state index >= 15 is 0 Å². The molecule has 0 saturated heterocycles. The van der Waals surface area contributed by atoms with Crippen LogP contribution in [0.25, 0.3) is 0 Å². The van der Waals surface area contributed by atoms with Gasteiger partial charge in [-0.3, -0.25) is 0 Å². The lowest BCUT2D eigenvalue weighted by molar-refractivity contribution is 0.448. The number of hydrogen-bond donors (Lipinski definition) is 1. The fourth-order valence-corrected chi connectivity index (χ4v) is 2.19. The summed E-state index contributed by atoms with van der Waals surface area (Å²) in [6.07, 6.45) is 0. The van der Waals surface area contributed by atoms with Crippen molar-refractivity contribution < 1.29 is 9.13 Å². The molecule has 0 saturated carbocycles. The Morgan fingerprint density at radius 3 is 2.55 bits per heavy atom. The SMILES string of the molecule is CCNC(C)c1c(F)cccc1Oc1ccc(Cl)cc1. The van der Waals surface area contributed by atoms with Crippen LogP contribution >= 0.6 is 11.6 Å². The topological polar surface area (TPSA) is 21.3 Å². The third-order valence-electron chi connectivity index (χ3n) is 3.00. The quantitative estimate of drug-likeness (QED) is 0.843. The lowest BCUT2D eigenvalue weighted by Crippen LogP contribution is -2.19. The molecule has 2 aromatic rings. The van der Waals surface area contributed by atoms with Crippen LogP contribution in [0, 0.1) is 5.82 Å². The van der Waals surface area contributed by atoms with Crippen molar-refractivity contribution in [1.29, 1.82) is 0 Å². The van der Waals surface area contributed by atoms with Crippen LogP contribution in [0.1, 0.15) is 25.5 Å². The van der Waals surface area contributed by atoms with Crippen LogP contribution in [0.5, 0.6) is 11.5 Å². The van der Waals surface area contributed by atoms with Crippen molar-refractivity contribution in [3.05, 3.63) is 58.9 Å². The summed E-state index contributed by atoms with van der Waals surface area (Å²) in [4.78, 5) is 0. The third kappa shape index (κ3) is 3.50. The van der Waals surface area contributed by atoms with Crippen LogP contribution in [0.3, 0.4) is 0 Å². The zero-order valence-electron chi connectivity index (χ0n) is 11.5. The van der Waals surface area contributed by atoms with Crippen molar-refractivity contribution in [2.75, 3.05) is 6.54 Å². The number of benzene rings is 2. The number of halogens is 2. The van der Waals surface area contributed by atoms with Gasteiger partial charge in [-0.15, -0.1) is 0 Å². The van der Waals surface area contributed by atoms with Crippen LogP contribution in [0.4, 0.5) is 4.39 Å². The molecule has 0 heterocycles. The first kappa shape index (κ1) is 14.8. The molecule has 0 amide bonds. The molecule has 0 aliphatic heterocycles. The van der Waals surface area contributed by atoms with Gasteiger partial charge < -0.3 is 10.1 Å². The Bertz CT molecular complexity index is 571. The standard InChI is InChI=1S/C16H17ClFNO/c1-3-19-11(2)16-14(18)5-4-6-15(16)20-13-9-7-12(17)8-10-13/h4-11,19H,3H2,1-2H3. The Labute approximate surface area is 123 Å². The average Bonchev–Trinajstić information content (AvgIpc) is 2.42. The Morgan fingerprint density at radius 1 is 1.20 bits per heavy atom. The van der Waals surface area contributed by atoms with E-state index < -0.39 is 0 Å². The summed E-state index contributed by atoms with van der Waals surface area (Å²) in [6.45, 7) is 4.66. The third-order valence-corrected chi connectivity index (χ3v) is 3.25. The van der Waals surface area contributed by atoms with Crippen molar-refractivity contribution in [3.63, 3.8) is 0 Å². The summed E-state index contributed by atoms with van der Waals surface area (Å²) in [5.41, 5.74) is 0.532. The van der Waals surface area contributed by atoms with Crippen molar-refractivity contribution >= 4 is 11.6 Å². The molecule has 1 atom stereocenters. The zero-order valence-corrected chi connectivity index (χ0v) is 12.2. The Hall–Kier alpha value is -1.58. The van der Waals surface area contributed by atoms with E-state index in [0.29, 0.717) is 22.1 Å². The molecule has 1 unspecified atom stereocenters. The number of ether oxygens (including phenoxy) is 1. The van der Waals surface area contributed by atoms with E-state index in [4.69, 9.17) is 16.3 Å². The molecule has 0 aliphatic rings. The fourth-order valence-electron chi connectivity index (χ4n) is 2.06. The highest BCUT2D eigenvalue weighted by atomic mass is 35.5. The van der Waals surface area contributed by atoms with E-state index in [1.165, 1.54) is 6.07 Å². The van der Waals surface area contributed by atoms with E-state index in [9.17, 15) is 4.39 Å². The molecule has 0 spiro atoms. The average molecular weight is 294 g/mol. The fraction of sp³-hybridized carbons (Fsp3) is 0.250. The molecule has 4 heteroatoms. The monoisotopic (exact) mass is 293 g/mol. The minimum Gasteiger partial charge on any atom is -0.457 e. The number of nitrogens with one attached hydrogen (secondary N) is 1. The lowest BCUT2D eigenvalue weighted by atomic mass is 10.1. The molecule has 0 bridgehead atoms. The van der Waals surface area contributed by atoms with Gasteiger partial charge in [0.25, 0.3) is 0 Å². The van der Waals surface area contributed by atoms with Gasteiger partial charge in [-0.1, -0.05) is 24.6 Å². The Morgan fingerprint density at radius 2 is 1.90 bits per heavy atom. The normalized spacial score (nSPS) is 12.2. The van der Waals surface area contributed by atoms with Crippen LogP contribution in [-0.2, 0) is 0 Å². The van der Waals surface area contributed by atoms with E-state index in [1.807, 2.05) is 13.8 Å². The highest BCUT2D eigenvalue weighted by molar-refractivity contribution is 6.30. The molecule has 2 aromatic carbocycles. The summed E-state index contributed by atoms with van der Waals surface area (Å²) in [5.74, 6) is 0.871. The van der Waals surface area contributed by atoms with Crippen LogP contribution in [0.2, 0.25) is 5.02 Å². The van der Waals surface area contributed by atoms with Gasteiger partial charge in [0.1, 0.15) is 17.3 Å². The summed E-state index contributed by atoms with van der Waals surface area (Å²) in [7, 11) is 0. The first-order valence-electron chi connectivity index (χ1n) is 6.57. The summed E-state index contributed by atoms with van der Waals surface area (Å²) in [5, 5.41) is 3.83.